The maximum Gasteiger partial charge on any atom is 0.119 e. The third-order valence-corrected chi connectivity index (χ3v) is 2.31. The van der Waals surface area contributed by atoms with Crippen molar-refractivity contribution in [2.45, 2.75) is 38.9 Å². The lowest BCUT2D eigenvalue weighted by atomic mass is 10.2. The molecule has 0 aliphatic heterocycles. The molecule has 1 aromatic carbocycles. The van der Waals surface area contributed by atoms with Gasteiger partial charge in [0.15, 0.2) is 0 Å². The zero-order chi connectivity index (χ0) is 10.9. The number of carbonyl (C=O) groups excluding carboxylic acids is 1. The Bertz CT molecular complexity index is 269. The van der Waals surface area contributed by atoms with Crippen molar-refractivity contribution in [1.82, 2.24) is 0 Å². The standard InChI is InChI=1S/C13H18O2/c1-12(7-5-6-10-14)15-11-13-8-3-2-4-9-13/h2-4,8-10,12H,5-7,11H2,1H3/t12-/m0/s1. The summed E-state index contributed by atoms with van der Waals surface area (Å²) in [7, 11) is 0. The number of unbranched alkanes of at least 4 members (excludes halogenated alkanes) is 1. The fourth-order valence-electron chi connectivity index (χ4n) is 1.38. The number of carbonyl (C=O) groups is 1. The van der Waals surface area contributed by atoms with Crippen molar-refractivity contribution in [1.29, 1.82) is 0 Å². The lowest BCUT2D eigenvalue weighted by molar-refractivity contribution is -0.108. The first-order chi connectivity index (χ1) is 7.33. The summed E-state index contributed by atoms with van der Waals surface area (Å²) in [4.78, 5) is 10.1. The molecule has 1 rings (SSSR count). The molecule has 0 heterocycles. The molecule has 2 heteroatoms. The Balaban J connectivity index is 2.16. The molecule has 0 saturated heterocycles. The molecule has 0 aliphatic rings. The first kappa shape index (κ1) is 11.9. The summed E-state index contributed by atoms with van der Waals surface area (Å²) >= 11 is 0. The van der Waals surface area contributed by atoms with Gasteiger partial charge in [-0.2, -0.15) is 0 Å². The van der Waals surface area contributed by atoms with Crippen LogP contribution in [-0.2, 0) is 16.1 Å². The highest BCUT2D eigenvalue weighted by molar-refractivity contribution is 5.48. The molecule has 0 amide bonds. The zero-order valence-electron chi connectivity index (χ0n) is 9.19. The van der Waals surface area contributed by atoms with Crippen molar-refractivity contribution in [3.63, 3.8) is 0 Å². The summed E-state index contributed by atoms with van der Waals surface area (Å²) < 4.78 is 5.66. The lowest BCUT2D eigenvalue weighted by Gasteiger charge is -2.12. The normalized spacial score (nSPS) is 12.3. The largest absolute Gasteiger partial charge is 0.374 e. The molecule has 0 fully saturated rings. The molecular formula is C13H18O2. The fraction of sp³-hybridized carbons (Fsp3) is 0.462. The Hall–Kier alpha value is -1.15. The molecule has 1 atom stereocenters. The Morgan fingerprint density at radius 2 is 2.07 bits per heavy atom. The van der Waals surface area contributed by atoms with E-state index in [9.17, 15) is 4.79 Å². The molecule has 0 saturated carbocycles. The van der Waals surface area contributed by atoms with Crippen LogP contribution in [0.3, 0.4) is 0 Å². The third kappa shape index (κ3) is 5.33. The Morgan fingerprint density at radius 1 is 1.33 bits per heavy atom. The number of hydrogen-bond acceptors (Lipinski definition) is 2. The van der Waals surface area contributed by atoms with Gasteiger partial charge in [0, 0.05) is 6.42 Å². The highest BCUT2D eigenvalue weighted by Crippen LogP contribution is 2.07. The van der Waals surface area contributed by atoms with Crippen LogP contribution in [0.25, 0.3) is 0 Å². The van der Waals surface area contributed by atoms with Crippen LogP contribution in [0.5, 0.6) is 0 Å². The molecule has 0 unspecified atom stereocenters. The van der Waals surface area contributed by atoms with Crippen LogP contribution in [0, 0.1) is 0 Å². The SMILES string of the molecule is C[C@@H](CCCC=O)OCc1ccccc1. The second-order valence-electron chi connectivity index (χ2n) is 3.70. The highest BCUT2D eigenvalue weighted by atomic mass is 16.5. The summed E-state index contributed by atoms with van der Waals surface area (Å²) in [6.45, 7) is 2.71. The molecule has 0 N–H and O–H groups in total. The molecule has 0 aromatic heterocycles. The molecular weight excluding hydrogens is 188 g/mol. The van der Waals surface area contributed by atoms with Gasteiger partial charge in [-0.3, -0.25) is 0 Å². The van der Waals surface area contributed by atoms with Crippen LogP contribution in [-0.4, -0.2) is 12.4 Å². The topological polar surface area (TPSA) is 26.3 Å². The number of ether oxygens (including phenoxy) is 1. The molecule has 0 radical (unpaired) electrons. The van der Waals surface area contributed by atoms with Crippen LogP contribution in [0.1, 0.15) is 31.7 Å². The maximum atomic E-state index is 10.1. The van der Waals surface area contributed by atoms with Gasteiger partial charge in [-0.1, -0.05) is 30.3 Å². The second-order valence-corrected chi connectivity index (χ2v) is 3.70. The molecule has 0 spiro atoms. The van der Waals surface area contributed by atoms with Crippen molar-refractivity contribution in [2.24, 2.45) is 0 Å². The molecule has 0 aliphatic carbocycles. The smallest absolute Gasteiger partial charge is 0.119 e. The minimum absolute atomic E-state index is 0.227. The average Bonchev–Trinajstić information content (AvgIpc) is 2.28. The number of benzene rings is 1. The van der Waals surface area contributed by atoms with Crippen LogP contribution in [0.15, 0.2) is 30.3 Å². The lowest BCUT2D eigenvalue weighted by Crippen LogP contribution is -2.07. The quantitative estimate of drug-likeness (QED) is 0.506. The van der Waals surface area contributed by atoms with E-state index in [4.69, 9.17) is 4.74 Å². The van der Waals surface area contributed by atoms with Crippen molar-refractivity contribution >= 4 is 6.29 Å². The van der Waals surface area contributed by atoms with Gasteiger partial charge in [0.05, 0.1) is 12.7 Å². The van der Waals surface area contributed by atoms with E-state index in [-0.39, 0.29) is 6.10 Å². The number of hydrogen-bond donors (Lipinski definition) is 0. The van der Waals surface area contributed by atoms with E-state index >= 15 is 0 Å². The van der Waals surface area contributed by atoms with Gasteiger partial charge in [0.25, 0.3) is 0 Å². The third-order valence-electron chi connectivity index (χ3n) is 2.31. The van der Waals surface area contributed by atoms with E-state index in [1.807, 2.05) is 25.1 Å². The summed E-state index contributed by atoms with van der Waals surface area (Å²) in [5, 5.41) is 0. The number of rotatable bonds is 7. The monoisotopic (exact) mass is 206 g/mol. The molecule has 0 bridgehead atoms. The fourth-order valence-corrected chi connectivity index (χ4v) is 1.38. The first-order valence-corrected chi connectivity index (χ1v) is 5.42. The van der Waals surface area contributed by atoms with Gasteiger partial charge in [-0.25, -0.2) is 0 Å². The molecule has 15 heavy (non-hydrogen) atoms. The van der Waals surface area contributed by atoms with E-state index in [1.165, 1.54) is 5.56 Å². The van der Waals surface area contributed by atoms with E-state index < -0.39 is 0 Å². The Labute approximate surface area is 91.3 Å². The minimum atomic E-state index is 0.227. The van der Waals surface area contributed by atoms with Crippen LogP contribution in [0.4, 0.5) is 0 Å². The van der Waals surface area contributed by atoms with Crippen LogP contribution >= 0.6 is 0 Å². The summed E-state index contributed by atoms with van der Waals surface area (Å²) in [6, 6.07) is 10.1. The molecule has 1 aromatic rings. The Kier molecular flexibility index (Phi) is 5.71. The van der Waals surface area contributed by atoms with Crippen molar-refractivity contribution < 1.29 is 9.53 Å². The van der Waals surface area contributed by atoms with E-state index in [0.29, 0.717) is 13.0 Å². The van der Waals surface area contributed by atoms with Crippen molar-refractivity contribution in [2.75, 3.05) is 0 Å². The summed E-state index contributed by atoms with van der Waals surface area (Å²) in [5.41, 5.74) is 1.19. The number of aldehydes is 1. The predicted molar refractivity (Wildman–Crippen MR) is 60.6 cm³/mol. The second kappa shape index (κ2) is 7.18. The predicted octanol–water partition coefficient (Wildman–Crippen LogP) is 2.96. The van der Waals surface area contributed by atoms with E-state index in [1.54, 1.807) is 0 Å². The van der Waals surface area contributed by atoms with Gasteiger partial charge >= 0.3 is 0 Å². The molecule has 2 nitrogen and oxygen atoms in total. The summed E-state index contributed by atoms with van der Waals surface area (Å²) in [6.07, 6.45) is 3.69. The van der Waals surface area contributed by atoms with Gasteiger partial charge in [-0.15, -0.1) is 0 Å². The van der Waals surface area contributed by atoms with Crippen LogP contribution in [0.2, 0.25) is 0 Å². The minimum Gasteiger partial charge on any atom is -0.374 e. The Morgan fingerprint density at radius 3 is 2.73 bits per heavy atom. The average molecular weight is 206 g/mol. The van der Waals surface area contributed by atoms with Gasteiger partial charge in [-0.05, 0) is 25.3 Å². The van der Waals surface area contributed by atoms with E-state index in [0.717, 1.165) is 19.1 Å². The van der Waals surface area contributed by atoms with Gasteiger partial charge < -0.3 is 9.53 Å². The first-order valence-electron chi connectivity index (χ1n) is 5.42. The molecule has 82 valence electrons. The van der Waals surface area contributed by atoms with Gasteiger partial charge in [0.1, 0.15) is 6.29 Å². The van der Waals surface area contributed by atoms with Gasteiger partial charge in [0.2, 0.25) is 0 Å². The zero-order valence-corrected chi connectivity index (χ0v) is 9.19. The maximum absolute atomic E-state index is 10.1. The van der Waals surface area contributed by atoms with Crippen molar-refractivity contribution in [3.05, 3.63) is 35.9 Å². The van der Waals surface area contributed by atoms with Crippen LogP contribution < -0.4 is 0 Å². The summed E-state index contributed by atoms with van der Waals surface area (Å²) in [5.74, 6) is 0. The highest BCUT2D eigenvalue weighted by Gasteiger charge is 2.01. The van der Waals surface area contributed by atoms with E-state index in [2.05, 4.69) is 12.1 Å². The van der Waals surface area contributed by atoms with Crippen molar-refractivity contribution in [3.8, 4) is 0 Å².